The third-order valence-corrected chi connectivity index (χ3v) is 2.99. The van der Waals surface area contributed by atoms with Gasteiger partial charge in [-0.1, -0.05) is 28.1 Å². The van der Waals surface area contributed by atoms with Crippen molar-refractivity contribution in [1.82, 2.24) is 0 Å². The van der Waals surface area contributed by atoms with E-state index in [4.69, 9.17) is 0 Å². The molecule has 5 heteroatoms. The van der Waals surface area contributed by atoms with E-state index in [2.05, 4.69) is 26.2 Å². The van der Waals surface area contributed by atoms with Gasteiger partial charge < -0.3 is 10.4 Å². The molecule has 2 aromatic carbocycles. The highest BCUT2D eigenvalue weighted by atomic mass is 79.9. The highest BCUT2D eigenvalue weighted by Gasteiger charge is 2.00. The molecule has 0 aliphatic heterocycles. The molecule has 0 aliphatic rings. The lowest BCUT2D eigenvalue weighted by molar-refractivity contribution is -0.114. The van der Waals surface area contributed by atoms with E-state index in [0.717, 1.165) is 10.0 Å². The lowest BCUT2D eigenvalue weighted by atomic mass is 10.2. The Bertz CT molecular complexity index is 669. The van der Waals surface area contributed by atoms with Crippen LogP contribution in [0.15, 0.2) is 51.9 Å². The Morgan fingerprint density at radius 1 is 1.30 bits per heavy atom. The number of carbonyl (C=O) groups is 1. The summed E-state index contributed by atoms with van der Waals surface area (Å²) in [5.41, 5.74) is 2.03. The molecule has 0 bridgehead atoms. The van der Waals surface area contributed by atoms with Crippen LogP contribution >= 0.6 is 15.9 Å². The third kappa shape index (κ3) is 3.93. The maximum atomic E-state index is 11.0. The second-order valence-corrected chi connectivity index (χ2v) is 5.11. The summed E-state index contributed by atoms with van der Waals surface area (Å²) < 4.78 is 0.793. The van der Waals surface area contributed by atoms with E-state index in [1.807, 2.05) is 12.1 Å². The highest BCUT2D eigenvalue weighted by molar-refractivity contribution is 9.10. The summed E-state index contributed by atoms with van der Waals surface area (Å²) in [6, 6.07) is 12.4. The predicted octanol–water partition coefficient (Wildman–Crippen LogP) is 3.86. The van der Waals surface area contributed by atoms with Gasteiger partial charge in [0.05, 0.1) is 0 Å². The maximum Gasteiger partial charge on any atom is 0.221 e. The van der Waals surface area contributed by atoms with E-state index in [0.29, 0.717) is 11.4 Å². The monoisotopic (exact) mass is 332 g/mol. The Kier molecular flexibility index (Phi) is 4.53. The van der Waals surface area contributed by atoms with Crippen molar-refractivity contribution in [3.8, 4) is 5.75 Å². The van der Waals surface area contributed by atoms with Crippen LogP contribution in [-0.2, 0) is 4.79 Å². The average Bonchev–Trinajstić information content (AvgIpc) is 2.37. The van der Waals surface area contributed by atoms with Crippen molar-refractivity contribution in [3.05, 3.63) is 52.5 Å². The SMILES string of the molecule is CC(=O)Nc1cccc(C=Nc2ccc(Br)cc2O)c1. The number of aliphatic imine (C=N–C) groups is 1. The summed E-state index contributed by atoms with van der Waals surface area (Å²) in [4.78, 5) is 15.2. The normalized spacial score (nSPS) is 10.7. The molecule has 4 nitrogen and oxygen atoms in total. The topological polar surface area (TPSA) is 61.7 Å². The molecule has 0 saturated carbocycles. The van der Waals surface area contributed by atoms with Gasteiger partial charge >= 0.3 is 0 Å². The van der Waals surface area contributed by atoms with E-state index < -0.39 is 0 Å². The number of halogens is 1. The van der Waals surface area contributed by atoms with Gasteiger partial charge in [0.15, 0.2) is 0 Å². The minimum absolute atomic E-state index is 0.105. The number of amides is 1. The second-order valence-electron chi connectivity index (χ2n) is 4.20. The Labute approximate surface area is 125 Å². The first-order valence-corrected chi connectivity index (χ1v) is 6.74. The van der Waals surface area contributed by atoms with Crippen LogP contribution in [0.2, 0.25) is 0 Å². The number of nitrogens with one attached hydrogen (secondary N) is 1. The fraction of sp³-hybridized carbons (Fsp3) is 0.0667. The Morgan fingerprint density at radius 2 is 2.10 bits per heavy atom. The lowest BCUT2D eigenvalue weighted by Gasteiger charge is -2.03. The van der Waals surface area contributed by atoms with Crippen molar-refractivity contribution in [2.75, 3.05) is 5.32 Å². The van der Waals surface area contributed by atoms with Crippen molar-refractivity contribution in [1.29, 1.82) is 0 Å². The highest BCUT2D eigenvalue weighted by Crippen LogP contribution is 2.29. The number of aromatic hydroxyl groups is 1. The van der Waals surface area contributed by atoms with E-state index in [-0.39, 0.29) is 11.7 Å². The minimum atomic E-state index is -0.121. The zero-order valence-corrected chi connectivity index (χ0v) is 12.4. The van der Waals surface area contributed by atoms with E-state index in [1.54, 1.807) is 36.5 Å². The molecule has 1 amide bonds. The number of benzene rings is 2. The molecule has 0 aromatic heterocycles. The average molecular weight is 333 g/mol. The first-order chi connectivity index (χ1) is 9.54. The van der Waals surface area contributed by atoms with Gasteiger partial charge in [-0.05, 0) is 35.9 Å². The molecule has 0 spiro atoms. The van der Waals surface area contributed by atoms with Crippen LogP contribution in [0.3, 0.4) is 0 Å². The van der Waals surface area contributed by atoms with E-state index >= 15 is 0 Å². The van der Waals surface area contributed by atoms with E-state index in [9.17, 15) is 9.90 Å². The predicted molar refractivity (Wildman–Crippen MR) is 83.8 cm³/mol. The molecule has 0 saturated heterocycles. The van der Waals surface area contributed by atoms with Gasteiger partial charge in [-0.15, -0.1) is 0 Å². The van der Waals surface area contributed by atoms with Crippen molar-refractivity contribution >= 4 is 39.4 Å². The number of hydrogen-bond donors (Lipinski definition) is 2. The quantitative estimate of drug-likeness (QED) is 0.838. The molecule has 0 aliphatic carbocycles. The first kappa shape index (κ1) is 14.3. The molecule has 0 heterocycles. The van der Waals surface area contributed by atoms with Gasteiger partial charge in [0, 0.05) is 23.3 Å². The molecule has 0 unspecified atom stereocenters. The van der Waals surface area contributed by atoms with Crippen molar-refractivity contribution in [2.45, 2.75) is 6.92 Å². The zero-order valence-electron chi connectivity index (χ0n) is 10.8. The summed E-state index contributed by atoms with van der Waals surface area (Å²) in [7, 11) is 0. The summed E-state index contributed by atoms with van der Waals surface area (Å²) in [5.74, 6) is -0.0155. The minimum Gasteiger partial charge on any atom is -0.506 e. The molecule has 0 radical (unpaired) electrons. The van der Waals surface area contributed by atoms with Crippen LogP contribution in [0.4, 0.5) is 11.4 Å². The van der Waals surface area contributed by atoms with Crippen LogP contribution in [0.5, 0.6) is 5.75 Å². The van der Waals surface area contributed by atoms with Crippen LogP contribution in [0.1, 0.15) is 12.5 Å². The number of hydrogen-bond acceptors (Lipinski definition) is 3. The molecule has 2 rings (SSSR count). The molecule has 20 heavy (non-hydrogen) atoms. The van der Waals surface area contributed by atoms with E-state index in [1.165, 1.54) is 6.92 Å². The van der Waals surface area contributed by atoms with Crippen LogP contribution in [0, 0.1) is 0 Å². The number of carbonyl (C=O) groups excluding carboxylic acids is 1. The van der Waals surface area contributed by atoms with Crippen LogP contribution in [-0.4, -0.2) is 17.2 Å². The number of nitrogens with zero attached hydrogens (tertiary/aromatic N) is 1. The number of phenols is 1. The molecule has 2 aromatic rings. The molecular weight excluding hydrogens is 320 g/mol. The smallest absolute Gasteiger partial charge is 0.221 e. The van der Waals surface area contributed by atoms with Gasteiger partial charge in [-0.3, -0.25) is 9.79 Å². The fourth-order valence-electron chi connectivity index (χ4n) is 1.65. The van der Waals surface area contributed by atoms with Gasteiger partial charge in [0.2, 0.25) is 5.91 Å². The fourth-order valence-corrected chi connectivity index (χ4v) is 2.00. The Hall–Kier alpha value is -2.14. The zero-order chi connectivity index (χ0) is 14.5. The number of rotatable bonds is 3. The summed E-state index contributed by atoms with van der Waals surface area (Å²) >= 11 is 3.27. The van der Waals surface area contributed by atoms with Gasteiger partial charge in [-0.25, -0.2) is 0 Å². The van der Waals surface area contributed by atoms with Gasteiger partial charge in [0.1, 0.15) is 11.4 Å². The van der Waals surface area contributed by atoms with Crippen molar-refractivity contribution in [2.24, 2.45) is 4.99 Å². The standard InChI is InChI=1S/C15H13BrN2O2/c1-10(19)18-13-4-2-3-11(7-13)9-17-14-6-5-12(16)8-15(14)20/h2-9,20H,1H3,(H,18,19). The third-order valence-electron chi connectivity index (χ3n) is 2.50. The number of phenolic OH excluding ortho intramolecular Hbond substituents is 1. The molecular formula is C15H13BrN2O2. The summed E-state index contributed by atoms with van der Waals surface area (Å²) in [5, 5.41) is 12.4. The Balaban J connectivity index is 2.20. The second kappa shape index (κ2) is 6.34. The largest absolute Gasteiger partial charge is 0.506 e. The summed E-state index contributed by atoms with van der Waals surface area (Å²) in [6.07, 6.45) is 1.63. The lowest BCUT2D eigenvalue weighted by Crippen LogP contribution is -2.05. The van der Waals surface area contributed by atoms with Gasteiger partial charge in [-0.2, -0.15) is 0 Å². The maximum absolute atomic E-state index is 11.0. The Morgan fingerprint density at radius 3 is 2.80 bits per heavy atom. The van der Waals surface area contributed by atoms with Gasteiger partial charge in [0.25, 0.3) is 0 Å². The molecule has 2 N–H and O–H groups in total. The molecule has 0 atom stereocenters. The molecule has 102 valence electrons. The number of anilines is 1. The summed E-state index contributed by atoms with van der Waals surface area (Å²) in [6.45, 7) is 1.46. The van der Waals surface area contributed by atoms with Crippen LogP contribution in [0.25, 0.3) is 0 Å². The van der Waals surface area contributed by atoms with Crippen molar-refractivity contribution in [3.63, 3.8) is 0 Å². The first-order valence-electron chi connectivity index (χ1n) is 5.95. The molecule has 0 fully saturated rings. The van der Waals surface area contributed by atoms with Crippen LogP contribution < -0.4 is 5.32 Å². The van der Waals surface area contributed by atoms with Crippen molar-refractivity contribution < 1.29 is 9.90 Å².